The maximum Gasteiger partial charge on any atom is 0.150 e. The Labute approximate surface area is 87.1 Å². The molecule has 13 heavy (non-hydrogen) atoms. The number of fused-ring (bicyclic) bond motifs is 2. The summed E-state index contributed by atoms with van der Waals surface area (Å²) in [4.78, 5) is 0. The molecule has 0 amide bonds. The highest BCUT2D eigenvalue weighted by atomic mass is 35.6. The summed E-state index contributed by atoms with van der Waals surface area (Å²) in [7, 11) is -1.30. The van der Waals surface area contributed by atoms with Gasteiger partial charge in [0.2, 0.25) is 0 Å². The van der Waals surface area contributed by atoms with Crippen LogP contribution in [-0.4, -0.2) is 7.38 Å². The van der Waals surface area contributed by atoms with E-state index in [1.165, 1.54) is 25.3 Å². The molecule has 0 aromatic heterocycles. The van der Waals surface area contributed by atoms with Gasteiger partial charge in [-0.1, -0.05) is 31.7 Å². The van der Waals surface area contributed by atoms with Crippen molar-refractivity contribution < 1.29 is 0 Å². The number of hydrogen-bond acceptors (Lipinski definition) is 0. The Morgan fingerprint density at radius 2 is 2.08 bits per heavy atom. The topological polar surface area (TPSA) is 0 Å². The van der Waals surface area contributed by atoms with Crippen LogP contribution in [0.1, 0.15) is 19.3 Å². The van der Waals surface area contributed by atoms with Crippen LogP contribution in [0.4, 0.5) is 0 Å². The van der Waals surface area contributed by atoms with E-state index in [1.54, 1.807) is 0 Å². The zero-order chi connectivity index (χ0) is 9.47. The molecule has 0 aromatic rings. The van der Waals surface area contributed by atoms with E-state index in [2.05, 4.69) is 25.2 Å². The standard InChI is InChI=1S/C11H19ClSi/c1-13(2,12)6-5-11-8-9-3-4-10(11)7-9/h3-4,9-11H,5-8H2,1-2H3/t9-,10+,11-/m1/s1. The van der Waals surface area contributed by atoms with Crippen molar-refractivity contribution >= 4 is 18.5 Å². The van der Waals surface area contributed by atoms with E-state index in [-0.39, 0.29) is 0 Å². The van der Waals surface area contributed by atoms with Crippen molar-refractivity contribution in [3.63, 3.8) is 0 Å². The lowest BCUT2D eigenvalue weighted by Crippen LogP contribution is -2.18. The van der Waals surface area contributed by atoms with Gasteiger partial charge in [-0.05, 0) is 36.6 Å². The average Bonchev–Trinajstić information content (AvgIpc) is 2.58. The van der Waals surface area contributed by atoms with E-state index in [0.717, 1.165) is 17.8 Å². The molecule has 2 heteroatoms. The molecule has 2 bridgehead atoms. The SMILES string of the molecule is C[Si](C)(Cl)CC[C@@H]1C[C@@H]2C=C[C@H]1C2. The first-order valence-electron chi connectivity index (χ1n) is 5.42. The Morgan fingerprint density at radius 1 is 1.31 bits per heavy atom. The minimum atomic E-state index is -1.30. The van der Waals surface area contributed by atoms with Crippen molar-refractivity contribution in [2.75, 3.05) is 0 Å². The normalized spacial score (nSPS) is 37.3. The Kier molecular flexibility index (Phi) is 2.58. The first-order valence-corrected chi connectivity index (χ1v) is 9.64. The van der Waals surface area contributed by atoms with Crippen LogP contribution in [-0.2, 0) is 0 Å². The molecule has 0 spiro atoms. The van der Waals surface area contributed by atoms with Crippen LogP contribution >= 0.6 is 11.1 Å². The van der Waals surface area contributed by atoms with Crippen molar-refractivity contribution in [3.05, 3.63) is 12.2 Å². The van der Waals surface area contributed by atoms with Crippen LogP contribution in [0.25, 0.3) is 0 Å². The largest absolute Gasteiger partial charge is 0.168 e. The fourth-order valence-electron chi connectivity index (χ4n) is 2.76. The highest BCUT2D eigenvalue weighted by molar-refractivity contribution is 7.19. The highest BCUT2D eigenvalue weighted by Gasteiger charge is 2.36. The number of halogens is 1. The Bertz CT molecular complexity index is 217. The maximum atomic E-state index is 6.33. The molecule has 2 aliphatic carbocycles. The third-order valence-corrected chi connectivity index (χ3v) is 5.57. The molecule has 3 atom stereocenters. The molecule has 0 unspecified atom stereocenters. The van der Waals surface area contributed by atoms with Gasteiger partial charge in [-0.25, -0.2) is 0 Å². The molecular weight excluding hydrogens is 196 g/mol. The van der Waals surface area contributed by atoms with Gasteiger partial charge < -0.3 is 0 Å². The van der Waals surface area contributed by atoms with Crippen molar-refractivity contribution in [3.8, 4) is 0 Å². The van der Waals surface area contributed by atoms with Crippen molar-refractivity contribution in [1.29, 1.82) is 0 Å². The van der Waals surface area contributed by atoms with Gasteiger partial charge in [0, 0.05) is 0 Å². The number of rotatable bonds is 3. The molecule has 0 radical (unpaired) electrons. The predicted octanol–water partition coefficient (Wildman–Crippen LogP) is 4.03. The molecule has 2 aliphatic rings. The predicted molar refractivity (Wildman–Crippen MR) is 61.6 cm³/mol. The monoisotopic (exact) mass is 214 g/mol. The summed E-state index contributed by atoms with van der Waals surface area (Å²) in [6, 6.07) is 1.30. The second-order valence-electron chi connectivity index (χ2n) is 5.30. The quantitative estimate of drug-likeness (QED) is 0.378. The van der Waals surface area contributed by atoms with Crippen LogP contribution in [0.15, 0.2) is 12.2 Å². The molecule has 0 heterocycles. The second-order valence-corrected chi connectivity index (χ2v) is 12.3. The first-order chi connectivity index (χ1) is 6.04. The lowest BCUT2D eigenvalue weighted by atomic mass is 9.91. The minimum Gasteiger partial charge on any atom is -0.168 e. The lowest BCUT2D eigenvalue weighted by Gasteiger charge is -2.21. The minimum absolute atomic E-state index is 0.915. The molecule has 0 saturated heterocycles. The van der Waals surface area contributed by atoms with Gasteiger partial charge in [-0.3, -0.25) is 0 Å². The van der Waals surface area contributed by atoms with Gasteiger partial charge >= 0.3 is 0 Å². The Balaban J connectivity index is 1.81. The first kappa shape index (κ1) is 9.79. The fourth-order valence-corrected chi connectivity index (χ4v) is 4.14. The smallest absolute Gasteiger partial charge is 0.150 e. The van der Waals surface area contributed by atoms with Gasteiger partial charge in [0.15, 0.2) is 7.38 Å². The maximum absolute atomic E-state index is 6.33. The number of hydrogen-bond donors (Lipinski definition) is 0. The van der Waals surface area contributed by atoms with Gasteiger partial charge in [0.1, 0.15) is 0 Å². The Hall–Kier alpha value is 0.247. The van der Waals surface area contributed by atoms with E-state index in [9.17, 15) is 0 Å². The van der Waals surface area contributed by atoms with Crippen LogP contribution in [0.5, 0.6) is 0 Å². The van der Waals surface area contributed by atoms with E-state index in [1.807, 2.05) is 0 Å². The van der Waals surface area contributed by atoms with E-state index in [0.29, 0.717) is 0 Å². The van der Waals surface area contributed by atoms with E-state index >= 15 is 0 Å². The van der Waals surface area contributed by atoms with Crippen LogP contribution in [0.2, 0.25) is 19.1 Å². The zero-order valence-corrected chi connectivity index (χ0v) is 10.3. The molecule has 2 rings (SSSR count). The van der Waals surface area contributed by atoms with Gasteiger partial charge in [0.25, 0.3) is 0 Å². The second kappa shape index (κ2) is 3.43. The fraction of sp³-hybridized carbons (Fsp3) is 0.818. The van der Waals surface area contributed by atoms with Gasteiger partial charge in [0.05, 0.1) is 0 Å². The number of allylic oxidation sites excluding steroid dienone is 2. The van der Waals surface area contributed by atoms with Crippen LogP contribution in [0, 0.1) is 17.8 Å². The molecule has 0 N–H and O–H groups in total. The van der Waals surface area contributed by atoms with Crippen molar-refractivity contribution in [2.24, 2.45) is 17.8 Å². The summed E-state index contributed by atoms with van der Waals surface area (Å²) >= 11 is 6.33. The van der Waals surface area contributed by atoms with Gasteiger partial charge in [-0.2, -0.15) is 11.1 Å². The van der Waals surface area contributed by atoms with Crippen molar-refractivity contribution in [2.45, 2.75) is 38.4 Å². The molecule has 0 aliphatic heterocycles. The molecule has 74 valence electrons. The third kappa shape index (κ3) is 2.38. The van der Waals surface area contributed by atoms with E-state index in [4.69, 9.17) is 11.1 Å². The zero-order valence-electron chi connectivity index (χ0n) is 8.59. The molecule has 1 fully saturated rings. The summed E-state index contributed by atoms with van der Waals surface area (Å²) in [5, 5.41) is 0. The third-order valence-electron chi connectivity index (χ3n) is 3.53. The molecular formula is C11H19ClSi. The molecule has 0 nitrogen and oxygen atoms in total. The van der Waals surface area contributed by atoms with Crippen molar-refractivity contribution in [1.82, 2.24) is 0 Å². The van der Waals surface area contributed by atoms with Gasteiger partial charge in [-0.15, -0.1) is 0 Å². The molecule has 0 aromatic carbocycles. The highest BCUT2D eigenvalue weighted by Crippen LogP contribution is 2.46. The summed E-state index contributed by atoms with van der Waals surface area (Å²) in [6.45, 7) is 4.52. The van der Waals surface area contributed by atoms with Crippen LogP contribution in [0.3, 0.4) is 0 Å². The lowest BCUT2D eigenvalue weighted by molar-refractivity contribution is 0.433. The Morgan fingerprint density at radius 3 is 2.54 bits per heavy atom. The summed E-state index contributed by atoms with van der Waals surface area (Å²) in [5.74, 6) is 2.81. The summed E-state index contributed by atoms with van der Waals surface area (Å²) < 4.78 is 0. The van der Waals surface area contributed by atoms with Crippen LogP contribution < -0.4 is 0 Å². The average molecular weight is 215 g/mol. The van der Waals surface area contributed by atoms with E-state index < -0.39 is 7.38 Å². The molecule has 1 saturated carbocycles. The summed E-state index contributed by atoms with van der Waals surface area (Å²) in [5.41, 5.74) is 0. The summed E-state index contributed by atoms with van der Waals surface area (Å²) in [6.07, 6.45) is 9.14.